The van der Waals surface area contributed by atoms with Crippen LogP contribution in [0, 0.1) is 0 Å². The smallest absolute Gasteiger partial charge is 0.305 e. The van der Waals surface area contributed by atoms with Gasteiger partial charge in [-0.1, -0.05) is 11.6 Å². The predicted molar refractivity (Wildman–Crippen MR) is 126 cm³/mol. The lowest BCUT2D eigenvalue weighted by Gasteiger charge is -2.33. The van der Waals surface area contributed by atoms with Gasteiger partial charge in [0.1, 0.15) is 5.69 Å². The Balaban J connectivity index is 1.81. The third kappa shape index (κ3) is 5.71. The Morgan fingerprint density at radius 1 is 1.27 bits per heavy atom. The number of amides is 1. The third-order valence-corrected chi connectivity index (χ3v) is 5.58. The number of hydrogen-bond donors (Lipinski definition) is 1. The van der Waals surface area contributed by atoms with E-state index in [0.717, 1.165) is 10.1 Å². The third-order valence-electron chi connectivity index (χ3n) is 5.58. The van der Waals surface area contributed by atoms with E-state index in [1.807, 2.05) is 24.8 Å². The average molecular weight is 455 g/mol. The van der Waals surface area contributed by atoms with Gasteiger partial charge in [-0.2, -0.15) is 0 Å². The van der Waals surface area contributed by atoms with Gasteiger partial charge >= 0.3 is 5.69 Å². The van der Waals surface area contributed by atoms with Crippen molar-refractivity contribution in [1.82, 2.24) is 24.3 Å². The molecule has 0 saturated carbocycles. The second-order valence-electron chi connectivity index (χ2n) is 8.41. The number of pyridine rings is 1. The fraction of sp³-hybridized carbons (Fsp3) is 0.435. The van der Waals surface area contributed by atoms with E-state index in [1.54, 1.807) is 25.4 Å². The summed E-state index contributed by atoms with van der Waals surface area (Å²) in [5.41, 5.74) is 0.664. The summed E-state index contributed by atoms with van der Waals surface area (Å²) in [5.74, 6) is -0.355. The molecule has 1 amide bonds. The molecule has 0 spiro atoms. The van der Waals surface area contributed by atoms with E-state index >= 15 is 0 Å². The Morgan fingerprint density at radius 3 is 2.70 bits per heavy atom. The lowest BCUT2D eigenvalue weighted by atomic mass is 10.0. The van der Waals surface area contributed by atoms with Gasteiger partial charge < -0.3 is 14.8 Å². The zero-order valence-corrected chi connectivity index (χ0v) is 19.4. The molecule has 1 fully saturated rings. The Kier molecular flexibility index (Phi) is 7.72. The minimum absolute atomic E-state index is 0.0428. The number of hydrogen-bond acceptors (Lipinski definition) is 7. The summed E-state index contributed by atoms with van der Waals surface area (Å²) in [6.07, 6.45) is 6.40. The summed E-state index contributed by atoms with van der Waals surface area (Å²) >= 11 is 0. The Labute approximate surface area is 192 Å². The van der Waals surface area contributed by atoms with E-state index in [9.17, 15) is 19.2 Å². The van der Waals surface area contributed by atoms with Gasteiger partial charge in [-0.05, 0) is 26.0 Å². The molecular weight excluding hydrogens is 424 g/mol. The zero-order chi connectivity index (χ0) is 24.1. The van der Waals surface area contributed by atoms with E-state index in [0.29, 0.717) is 25.2 Å². The maximum Gasteiger partial charge on any atom is 0.330 e. The van der Waals surface area contributed by atoms with Crippen LogP contribution in [-0.2, 0) is 18.9 Å². The number of anilines is 1. The van der Waals surface area contributed by atoms with Crippen molar-refractivity contribution < 1.29 is 9.59 Å². The maximum atomic E-state index is 13.3. The second kappa shape index (κ2) is 10.5. The molecule has 176 valence electrons. The first-order valence-corrected chi connectivity index (χ1v) is 10.8. The van der Waals surface area contributed by atoms with Crippen LogP contribution in [0.3, 0.4) is 0 Å². The van der Waals surface area contributed by atoms with Crippen LogP contribution in [0.25, 0.3) is 0 Å². The molecule has 1 atom stereocenters. The molecule has 2 aromatic rings. The SMILES string of the molecule is CC(C)=CCN(C(=O)CN1CCNC(C(=O)c2cccnc2)C1)c1cn(C)c(=O)n(C)c1=O. The van der Waals surface area contributed by atoms with Crippen LogP contribution in [0.5, 0.6) is 0 Å². The van der Waals surface area contributed by atoms with Crippen LogP contribution in [0.4, 0.5) is 5.69 Å². The normalized spacial score (nSPS) is 16.3. The number of piperazine rings is 1. The van der Waals surface area contributed by atoms with Gasteiger partial charge in [0.15, 0.2) is 5.78 Å². The van der Waals surface area contributed by atoms with Crippen LogP contribution in [-0.4, -0.2) is 69.5 Å². The number of nitrogens with zero attached hydrogens (tertiary/aromatic N) is 5. The van der Waals surface area contributed by atoms with Crippen LogP contribution < -0.4 is 21.5 Å². The largest absolute Gasteiger partial charge is 0.330 e. The molecule has 1 N–H and O–H groups in total. The summed E-state index contributed by atoms with van der Waals surface area (Å²) in [5, 5.41) is 3.21. The van der Waals surface area contributed by atoms with Gasteiger partial charge in [-0.15, -0.1) is 0 Å². The number of carbonyl (C=O) groups is 2. The van der Waals surface area contributed by atoms with Crippen molar-refractivity contribution in [2.45, 2.75) is 19.9 Å². The fourth-order valence-electron chi connectivity index (χ4n) is 3.70. The number of aromatic nitrogens is 3. The molecule has 2 aromatic heterocycles. The standard InChI is InChI=1S/C23H30N6O4/c1-16(2)7-10-29(19-14-26(3)23(33)27(4)22(19)32)20(30)15-28-11-9-25-18(13-28)21(31)17-6-5-8-24-12-17/h5-8,12,14,18,25H,9-11,13,15H2,1-4H3. The van der Waals surface area contributed by atoms with Gasteiger partial charge in [0.25, 0.3) is 5.56 Å². The first-order valence-electron chi connectivity index (χ1n) is 10.8. The van der Waals surface area contributed by atoms with Crippen molar-refractivity contribution in [2.75, 3.05) is 37.6 Å². The summed E-state index contributed by atoms with van der Waals surface area (Å²) in [7, 11) is 2.93. The molecule has 3 heterocycles. The van der Waals surface area contributed by atoms with Gasteiger partial charge in [0.05, 0.1) is 12.6 Å². The fourth-order valence-corrected chi connectivity index (χ4v) is 3.70. The van der Waals surface area contributed by atoms with Crippen molar-refractivity contribution >= 4 is 17.4 Å². The molecule has 10 nitrogen and oxygen atoms in total. The molecule has 10 heteroatoms. The highest BCUT2D eigenvalue weighted by molar-refractivity contribution is 6.00. The summed E-state index contributed by atoms with van der Waals surface area (Å²) < 4.78 is 2.28. The monoisotopic (exact) mass is 454 g/mol. The van der Waals surface area contributed by atoms with Crippen LogP contribution in [0.2, 0.25) is 0 Å². The lowest BCUT2D eigenvalue weighted by molar-refractivity contribution is -0.119. The Morgan fingerprint density at radius 2 is 2.03 bits per heavy atom. The molecule has 33 heavy (non-hydrogen) atoms. The summed E-state index contributed by atoms with van der Waals surface area (Å²) in [6.45, 7) is 5.57. The number of ketones is 1. The van der Waals surface area contributed by atoms with E-state index in [-0.39, 0.29) is 30.5 Å². The van der Waals surface area contributed by atoms with Gasteiger partial charge in [-0.25, -0.2) is 4.79 Å². The van der Waals surface area contributed by atoms with E-state index in [2.05, 4.69) is 10.3 Å². The molecule has 1 unspecified atom stereocenters. The van der Waals surface area contributed by atoms with Crippen molar-refractivity contribution in [2.24, 2.45) is 14.1 Å². The molecule has 1 aliphatic heterocycles. The highest BCUT2D eigenvalue weighted by Gasteiger charge is 2.29. The zero-order valence-electron chi connectivity index (χ0n) is 19.4. The Bertz CT molecular complexity index is 1160. The molecule has 0 aliphatic carbocycles. The van der Waals surface area contributed by atoms with Gasteiger partial charge in [0.2, 0.25) is 5.91 Å². The van der Waals surface area contributed by atoms with E-state index in [1.165, 1.54) is 28.9 Å². The van der Waals surface area contributed by atoms with Gasteiger partial charge in [-0.3, -0.25) is 28.8 Å². The summed E-state index contributed by atoms with van der Waals surface area (Å²) in [4.78, 5) is 58.3. The number of carbonyl (C=O) groups excluding carboxylic acids is 2. The lowest BCUT2D eigenvalue weighted by Crippen LogP contribution is -2.56. The molecule has 0 bridgehead atoms. The molecular formula is C23H30N6O4. The average Bonchev–Trinajstić information content (AvgIpc) is 2.81. The minimum Gasteiger partial charge on any atom is -0.305 e. The highest BCUT2D eigenvalue weighted by atomic mass is 16.2. The number of Topliss-reactive ketones (excluding diaryl/α,β-unsaturated/α-hetero) is 1. The number of rotatable bonds is 7. The van der Waals surface area contributed by atoms with Crippen LogP contribution in [0.1, 0.15) is 24.2 Å². The minimum atomic E-state index is -0.529. The number of allylic oxidation sites excluding steroid dienone is 1. The topological polar surface area (TPSA) is 110 Å². The number of aryl methyl sites for hydroxylation is 1. The van der Waals surface area contributed by atoms with E-state index < -0.39 is 17.3 Å². The molecule has 1 aliphatic rings. The van der Waals surface area contributed by atoms with E-state index in [4.69, 9.17) is 0 Å². The van der Waals surface area contributed by atoms with Crippen LogP contribution >= 0.6 is 0 Å². The molecule has 1 saturated heterocycles. The van der Waals surface area contributed by atoms with Crippen molar-refractivity contribution in [3.63, 3.8) is 0 Å². The van der Waals surface area contributed by atoms with Gasteiger partial charge in [0, 0.05) is 64.4 Å². The van der Waals surface area contributed by atoms with Crippen molar-refractivity contribution in [3.05, 3.63) is 68.8 Å². The van der Waals surface area contributed by atoms with Crippen molar-refractivity contribution in [1.29, 1.82) is 0 Å². The predicted octanol–water partition coefficient (Wildman–Crippen LogP) is -0.0651. The molecule has 3 rings (SSSR count). The van der Waals surface area contributed by atoms with Crippen LogP contribution in [0.15, 0.2) is 52.0 Å². The Hall–Kier alpha value is -3.37. The first kappa shape index (κ1) is 24.3. The number of nitrogens with one attached hydrogen (secondary N) is 1. The second-order valence-corrected chi connectivity index (χ2v) is 8.41. The quantitative estimate of drug-likeness (QED) is 0.461. The molecule has 0 aromatic carbocycles. The molecule has 0 radical (unpaired) electrons. The van der Waals surface area contributed by atoms with Crippen molar-refractivity contribution in [3.8, 4) is 0 Å². The maximum absolute atomic E-state index is 13.3. The highest BCUT2D eigenvalue weighted by Crippen LogP contribution is 2.11. The first-order chi connectivity index (χ1) is 15.7. The summed E-state index contributed by atoms with van der Waals surface area (Å²) in [6, 6.07) is 2.98.